The van der Waals surface area contributed by atoms with Gasteiger partial charge in [0.2, 0.25) is 5.91 Å². The van der Waals surface area contributed by atoms with Crippen LogP contribution in [0.25, 0.3) is 11.0 Å². The molecule has 0 atom stereocenters. The van der Waals surface area contributed by atoms with E-state index in [1.54, 1.807) is 22.2 Å². The van der Waals surface area contributed by atoms with Crippen molar-refractivity contribution in [1.29, 1.82) is 0 Å². The van der Waals surface area contributed by atoms with Crippen LogP contribution in [0, 0.1) is 0 Å². The van der Waals surface area contributed by atoms with Gasteiger partial charge in [-0.3, -0.25) is 28.4 Å². The molecule has 2 aromatic carbocycles. The van der Waals surface area contributed by atoms with Crippen LogP contribution in [-0.2, 0) is 18.4 Å². The number of nitrogens with zero attached hydrogens (tertiary/aromatic N) is 3. The summed E-state index contributed by atoms with van der Waals surface area (Å²) in [5, 5.41) is 2.72. The zero-order valence-corrected chi connectivity index (χ0v) is 15.4. The van der Waals surface area contributed by atoms with Crippen molar-refractivity contribution in [3.8, 4) is 0 Å². The van der Waals surface area contributed by atoms with Crippen molar-refractivity contribution < 1.29 is 14.4 Å². The van der Waals surface area contributed by atoms with Gasteiger partial charge in [0, 0.05) is 32.7 Å². The van der Waals surface area contributed by atoms with Gasteiger partial charge in [0.05, 0.1) is 22.2 Å². The van der Waals surface area contributed by atoms with Crippen LogP contribution in [0.3, 0.4) is 0 Å². The molecule has 8 heteroatoms. The summed E-state index contributed by atoms with van der Waals surface area (Å²) in [5.74, 6) is -1.03. The minimum atomic E-state index is -0.390. The predicted octanol–water partition coefficient (Wildman–Crippen LogP) is 1.59. The molecule has 28 heavy (non-hydrogen) atoms. The normalized spacial score (nSPS) is 13.3. The second kappa shape index (κ2) is 6.49. The zero-order chi connectivity index (χ0) is 20.0. The lowest BCUT2D eigenvalue weighted by Gasteiger charge is -2.07. The fourth-order valence-corrected chi connectivity index (χ4v) is 3.46. The van der Waals surface area contributed by atoms with Crippen LogP contribution in [0.2, 0.25) is 0 Å². The van der Waals surface area contributed by atoms with Crippen LogP contribution in [0.15, 0.2) is 47.3 Å². The Kier molecular flexibility index (Phi) is 4.11. The van der Waals surface area contributed by atoms with Crippen molar-refractivity contribution in [1.82, 2.24) is 14.0 Å². The molecule has 4 rings (SSSR count). The summed E-state index contributed by atoms with van der Waals surface area (Å²) in [6.45, 7) is 0.233. The van der Waals surface area contributed by atoms with E-state index in [4.69, 9.17) is 0 Å². The lowest BCUT2D eigenvalue weighted by atomic mass is 10.1. The maximum atomic E-state index is 12.4. The number of imidazole rings is 1. The summed E-state index contributed by atoms with van der Waals surface area (Å²) in [4.78, 5) is 49.8. The maximum Gasteiger partial charge on any atom is 0.328 e. The molecule has 1 aromatic heterocycles. The van der Waals surface area contributed by atoms with Gasteiger partial charge in [-0.05, 0) is 30.3 Å². The van der Waals surface area contributed by atoms with Crippen LogP contribution < -0.4 is 11.0 Å². The third-order valence-corrected chi connectivity index (χ3v) is 4.99. The highest BCUT2D eigenvalue weighted by molar-refractivity contribution is 6.21. The Bertz CT molecular complexity index is 1200. The van der Waals surface area contributed by atoms with Gasteiger partial charge in [0.1, 0.15) is 0 Å². The number of fused-ring (bicyclic) bond motifs is 2. The van der Waals surface area contributed by atoms with Crippen LogP contribution in [-0.4, -0.2) is 38.8 Å². The molecule has 0 unspecified atom stereocenters. The highest BCUT2D eigenvalue weighted by Crippen LogP contribution is 2.24. The van der Waals surface area contributed by atoms with Crippen molar-refractivity contribution in [2.24, 2.45) is 7.05 Å². The van der Waals surface area contributed by atoms with Gasteiger partial charge in [0.15, 0.2) is 0 Å². The SMILES string of the molecule is CN1C(=O)c2ccc(NC(=O)CCn3c(=O)n(C)c4ccccc43)cc2C1=O. The molecule has 0 saturated heterocycles. The molecule has 0 radical (unpaired) electrons. The largest absolute Gasteiger partial charge is 0.328 e. The summed E-state index contributed by atoms with van der Waals surface area (Å²) in [6.07, 6.45) is 0.0950. The highest BCUT2D eigenvalue weighted by atomic mass is 16.2. The number of imide groups is 1. The number of para-hydroxylation sites is 2. The van der Waals surface area contributed by atoms with E-state index in [0.29, 0.717) is 11.3 Å². The van der Waals surface area contributed by atoms with E-state index in [9.17, 15) is 19.2 Å². The fourth-order valence-electron chi connectivity index (χ4n) is 3.46. The van der Waals surface area contributed by atoms with E-state index in [0.717, 1.165) is 15.9 Å². The number of anilines is 1. The van der Waals surface area contributed by atoms with Gasteiger partial charge in [-0.15, -0.1) is 0 Å². The molecule has 1 aliphatic rings. The van der Waals surface area contributed by atoms with E-state index in [-0.39, 0.29) is 36.0 Å². The lowest BCUT2D eigenvalue weighted by Crippen LogP contribution is -2.24. The van der Waals surface area contributed by atoms with Crippen molar-refractivity contribution in [3.63, 3.8) is 0 Å². The van der Waals surface area contributed by atoms with E-state index in [1.807, 2.05) is 24.3 Å². The first-order valence-corrected chi connectivity index (χ1v) is 8.79. The number of benzene rings is 2. The molecule has 3 aromatic rings. The van der Waals surface area contributed by atoms with Crippen LogP contribution >= 0.6 is 0 Å². The molecule has 1 aliphatic heterocycles. The second-order valence-corrected chi connectivity index (χ2v) is 6.71. The van der Waals surface area contributed by atoms with Crippen LogP contribution in [0.4, 0.5) is 5.69 Å². The van der Waals surface area contributed by atoms with Gasteiger partial charge < -0.3 is 5.32 Å². The van der Waals surface area contributed by atoms with E-state index in [1.165, 1.54) is 19.2 Å². The summed E-state index contributed by atoms with van der Waals surface area (Å²) in [6, 6.07) is 12.0. The van der Waals surface area contributed by atoms with Crippen LogP contribution in [0.5, 0.6) is 0 Å². The van der Waals surface area contributed by atoms with Gasteiger partial charge >= 0.3 is 5.69 Å². The molecule has 1 N–H and O–H groups in total. The lowest BCUT2D eigenvalue weighted by molar-refractivity contribution is -0.116. The van der Waals surface area contributed by atoms with Crippen molar-refractivity contribution in [2.45, 2.75) is 13.0 Å². The number of hydrogen-bond donors (Lipinski definition) is 1. The molecule has 0 bridgehead atoms. The Morgan fingerprint density at radius 1 is 0.929 bits per heavy atom. The highest BCUT2D eigenvalue weighted by Gasteiger charge is 2.32. The third-order valence-electron chi connectivity index (χ3n) is 4.99. The number of carbonyl (C=O) groups excluding carboxylic acids is 3. The number of aromatic nitrogens is 2. The molecule has 142 valence electrons. The van der Waals surface area contributed by atoms with Gasteiger partial charge in [-0.2, -0.15) is 0 Å². The number of carbonyl (C=O) groups is 3. The summed E-state index contributed by atoms with van der Waals surface area (Å²) in [7, 11) is 3.12. The zero-order valence-electron chi connectivity index (χ0n) is 15.4. The predicted molar refractivity (Wildman–Crippen MR) is 103 cm³/mol. The standard InChI is InChI=1S/C20H18N4O4/c1-22-15-5-3-4-6-16(15)24(20(22)28)10-9-17(25)21-12-7-8-13-14(11-12)19(27)23(2)18(13)26/h3-8,11H,9-10H2,1-2H3,(H,21,25). The molecule has 0 fully saturated rings. The monoisotopic (exact) mass is 378 g/mol. The minimum absolute atomic E-state index is 0.0950. The topological polar surface area (TPSA) is 93.4 Å². The Balaban J connectivity index is 1.50. The van der Waals surface area contributed by atoms with Crippen molar-refractivity contribution in [3.05, 3.63) is 64.1 Å². The minimum Gasteiger partial charge on any atom is -0.326 e. The Hall–Kier alpha value is -3.68. The Labute approximate surface area is 160 Å². The number of amides is 3. The van der Waals surface area contributed by atoms with Gasteiger partial charge in [0.25, 0.3) is 11.8 Å². The average molecular weight is 378 g/mol. The van der Waals surface area contributed by atoms with E-state index in [2.05, 4.69) is 5.32 Å². The second-order valence-electron chi connectivity index (χ2n) is 6.71. The maximum absolute atomic E-state index is 12.4. The molecule has 0 saturated carbocycles. The number of nitrogens with one attached hydrogen (secondary N) is 1. The Morgan fingerprint density at radius 3 is 2.36 bits per heavy atom. The van der Waals surface area contributed by atoms with Crippen molar-refractivity contribution in [2.75, 3.05) is 12.4 Å². The first-order chi connectivity index (χ1) is 13.4. The summed E-state index contributed by atoms with van der Waals surface area (Å²) >= 11 is 0. The first kappa shape index (κ1) is 17.7. The van der Waals surface area contributed by atoms with Gasteiger partial charge in [-0.25, -0.2) is 4.79 Å². The quantitative estimate of drug-likeness (QED) is 0.698. The molecular weight excluding hydrogens is 360 g/mol. The molecular formula is C20H18N4O4. The molecule has 8 nitrogen and oxygen atoms in total. The third kappa shape index (κ3) is 2.70. The summed E-state index contributed by atoms with van der Waals surface area (Å²) in [5.41, 5.74) is 2.43. The molecule has 2 heterocycles. The first-order valence-electron chi connectivity index (χ1n) is 8.79. The number of hydrogen-bond acceptors (Lipinski definition) is 4. The Morgan fingerprint density at radius 2 is 1.61 bits per heavy atom. The van der Waals surface area contributed by atoms with E-state index >= 15 is 0 Å². The van der Waals surface area contributed by atoms with Crippen LogP contribution in [0.1, 0.15) is 27.1 Å². The molecule has 0 aliphatic carbocycles. The molecule has 0 spiro atoms. The van der Waals surface area contributed by atoms with Crippen molar-refractivity contribution >= 4 is 34.4 Å². The average Bonchev–Trinajstić information content (AvgIpc) is 3.06. The fraction of sp³-hybridized carbons (Fsp3) is 0.200. The molecule has 3 amide bonds. The summed E-state index contributed by atoms with van der Waals surface area (Å²) < 4.78 is 3.11. The number of aryl methyl sites for hydroxylation is 2. The van der Waals surface area contributed by atoms with Gasteiger partial charge in [-0.1, -0.05) is 12.1 Å². The number of rotatable bonds is 4. The van der Waals surface area contributed by atoms with E-state index < -0.39 is 5.91 Å². The smallest absolute Gasteiger partial charge is 0.326 e.